The zero-order valence-electron chi connectivity index (χ0n) is 10.5. The van der Waals surface area contributed by atoms with Gasteiger partial charge in [-0.1, -0.05) is 54.6 Å². The summed E-state index contributed by atoms with van der Waals surface area (Å²) in [5.74, 6) is -0.197. The van der Waals surface area contributed by atoms with E-state index in [4.69, 9.17) is 0 Å². The van der Waals surface area contributed by atoms with Gasteiger partial charge in [-0.2, -0.15) is 0 Å². The Labute approximate surface area is 112 Å². The SMILES string of the molecule is O=C1CCC(c2ccc(-c3ccccc3)cc2)N1O. The Hall–Kier alpha value is -2.13. The number of hydrogen-bond donors (Lipinski definition) is 1. The van der Waals surface area contributed by atoms with Crippen LogP contribution in [-0.2, 0) is 4.79 Å². The predicted octanol–water partition coefficient (Wildman–Crippen LogP) is 3.41. The molecule has 0 radical (unpaired) electrons. The molecule has 1 saturated heterocycles. The molecular formula is C16H15NO2. The molecule has 3 heteroatoms. The van der Waals surface area contributed by atoms with Crippen LogP contribution in [0.1, 0.15) is 24.4 Å². The molecule has 1 amide bonds. The highest BCUT2D eigenvalue weighted by atomic mass is 16.5. The zero-order chi connectivity index (χ0) is 13.2. The quantitative estimate of drug-likeness (QED) is 0.833. The normalized spacial score (nSPS) is 18.9. The maximum absolute atomic E-state index is 11.3. The van der Waals surface area contributed by atoms with Gasteiger partial charge in [0.15, 0.2) is 0 Å². The summed E-state index contributed by atoms with van der Waals surface area (Å²) in [5.41, 5.74) is 3.28. The average Bonchev–Trinajstić information content (AvgIpc) is 2.80. The maximum Gasteiger partial charge on any atom is 0.246 e. The first-order chi connectivity index (χ1) is 9.25. The second kappa shape index (κ2) is 4.86. The van der Waals surface area contributed by atoms with Crippen molar-refractivity contribution < 1.29 is 10.0 Å². The summed E-state index contributed by atoms with van der Waals surface area (Å²) in [5, 5.41) is 10.5. The highest BCUT2D eigenvalue weighted by Crippen LogP contribution is 2.32. The van der Waals surface area contributed by atoms with Crippen LogP contribution in [0.5, 0.6) is 0 Å². The van der Waals surface area contributed by atoms with E-state index in [9.17, 15) is 10.0 Å². The fourth-order valence-corrected chi connectivity index (χ4v) is 2.51. The second-order valence-corrected chi connectivity index (χ2v) is 4.78. The first-order valence-electron chi connectivity index (χ1n) is 6.42. The van der Waals surface area contributed by atoms with Gasteiger partial charge in [0.25, 0.3) is 0 Å². The molecule has 1 aliphatic rings. The van der Waals surface area contributed by atoms with Crippen molar-refractivity contribution >= 4 is 5.91 Å². The van der Waals surface area contributed by atoms with E-state index in [0.717, 1.165) is 21.8 Å². The Morgan fingerprint density at radius 1 is 0.947 bits per heavy atom. The largest absolute Gasteiger partial charge is 0.285 e. The molecule has 0 saturated carbocycles. The van der Waals surface area contributed by atoms with Crippen LogP contribution < -0.4 is 0 Å². The molecule has 3 nitrogen and oxygen atoms in total. The Bertz CT molecular complexity index is 577. The summed E-state index contributed by atoms with van der Waals surface area (Å²) in [6.07, 6.45) is 1.10. The molecule has 1 heterocycles. The average molecular weight is 253 g/mol. The summed E-state index contributed by atoms with van der Waals surface area (Å²) in [7, 11) is 0. The molecule has 1 atom stereocenters. The topological polar surface area (TPSA) is 40.5 Å². The van der Waals surface area contributed by atoms with Crippen molar-refractivity contribution in [1.29, 1.82) is 0 Å². The van der Waals surface area contributed by atoms with E-state index < -0.39 is 0 Å². The minimum absolute atomic E-state index is 0.197. The summed E-state index contributed by atoms with van der Waals surface area (Å²) in [6.45, 7) is 0. The minimum atomic E-state index is -0.197. The van der Waals surface area contributed by atoms with Gasteiger partial charge >= 0.3 is 0 Å². The monoisotopic (exact) mass is 253 g/mol. The molecular weight excluding hydrogens is 238 g/mol. The lowest BCUT2D eigenvalue weighted by Crippen LogP contribution is -2.23. The van der Waals surface area contributed by atoms with Crippen LogP contribution in [-0.4, -0.2) is 16.2 Å². The molecule has 1 fully saturated rings. The lowest BCUT2D eigenvalue weighted by Gasteiger charge is -2.18. The lowest BCUT2D eigenvalue weighted by molar-refractivity contribution is -0.165. The fourth-order valence-electron chi connectivity index (χ4n) is 2.51. The Morgan fingerprint density at radius 2 is 1.58 bits per heavy atom. The third-order valence-electron chi connectivity index (χ3n) is 3.58. The standard InChI is InChI=1S/C16H15NO2/c18-16-11-10-15(17(16)19)14-8-6-13(7-9-14)12-4-2-1-3-5-12/h1-9,15,19H,10-11H2. The van der Waals surface area contributed by atoms with Crippen LogP contribution >= 0.6 is 0 Å². The number of hydrogen-bond acceptors (Lipinski definition) is 2. The molecule has 0 spiro atoms. The zero-order valence-corrected chi connectivity index (χ0v) is 10.5. The van der Waals surface area contributed by atoms with Crippen molar-refractivity contribution in [2.24, 2.45) is 0 Å². The lowest BCUT2D eigenvalue weighted by atomic mass is 10.00. The highest BCUT2D eigenvalue weighted by Gasteiger charge is 2.30. The van der Waals surface area contributed by atoms with E-state index in [0.29, 0.717) is 12.8 Å². The number of carbonyl (C=O) groups is 1. The molecule has 19 heavy (non-hydrogen) atoms. The van der Waals surface area contributed by atoms with Crippen molar-refractivity contribution in [2.45, 2.75) is 18.9 Å². The van der Waals surface area contributed by atoms with Crippen LogP contribution in [0.3, 0.4) is 0 Å². The molecule has 0 bridgehead atoms. The molecule has 1 unspecified atom stereocenters. The van der Waals surface area contributed by atoms with Crippen LogP contribution in [0.2, 0.25) is 0 Å². The molecule has 0 aromatic heterocycles. The second-order valence-electron chi connectivity index (χ2n) is 4.78. The van der Waals surface area contributed by atoms with E-state index in [1.807, 2.05) is 42.5 Å². The molecule has 1 aliphatic heterocycles. The minimum Gasteiger partial charge on any atom is -0.285 e. The molecule has 96 valence electrons. The van der Waals surface area contributed by atoms with Gasteiger partial charge in [-0.25, -0.2) is 5.06 Å². The highest BCUT2D eigenvalue weighted by molar-refractivity contribution is 5.77. The van der Waals surface area contributed by atoms with Crippen molar-refractivity contribution in [3.63, 3.8) is 0 Å². The molecule has 1 N–H and O–H groups in total. The van der Waals surface area contributed by atoms with Gasteiger partial charge in [0.2, 0.25) is 5.91 Å². The van der Waals surface area contributed by atoms with Crippen molar-refractivity contribution in [1.82, 2.24) is 5.06 Å². The summed E-state index contributed by atoms with van der Waals surface area (Å²) >= 11 is 0. The van der Waals surface area contributed by atoms with Gasteiger partial charge in [0, 0.05) is 6.42 Å². The van der Waals surface area contributed by atoms with Gasteiger partial charge in [-0.3, -0.25) is 10.0 Å². The third kappa shape index (κ3) is 2.25. The summed E-state index contributed by atoms with van der Waals surface area (Å²) in [4.78, 5) is 11.3. The van der Waals surface area contributed by atoms with E-state index in [1.165, 1.54) is 0 Å². The van der Waals surface area contributed by atoms with Gasteiger partial charge < -0.3 is 0 Å². The molecule has 2 aromatic rings. The first kappa shape index (κ1) is 11.9. The van der Waals surface area contributed by atoms with E-state index in [2.05, 4.69) is 12.1 Å². The fraction of sp³-hybridized carbons (Fsp3) is 0.188. The Morgan fingerprint density at radius 3 is 2.16 bits per heavy atom. The number of hydroxylamine groups is 2. The predicted molar refractivity (Wildman–Crippen MR) is 72.5 cm³/mol. The van der Waals surface area contributed by atoms with E-state index >= 15 is 0 Å². The molecule has 0 aliphatic carbocycles. The third-order valence-corrected chi connectivity index (χ3v) is 3.58. The summed E-state index contributed by atoms with van der Waals surface area (Å²) in [6, 6.07) is 18.0. The van der Waals surface area contributed by atoms with Crippen molar-refractivity contribution in [2.75, 3.05) is 0 Å². The Balaban J connectivity index is 1.86. The Kier molecular flexibility index (Phi) is 3.05. The maximum atomic E-state index is 11.3. The summed E-state index contributed by atoms with van der Waals surface area (Å²) < 4.78 is 0. The van der Waals surface area contributed by atoms with Gasteiger partial charge in [0.1, 0.15) is 0 Å². The van der Waals surface area contributed by atoms with Gasteiger partial charge in [-0.15, -0.1) is 0 Å². The number of nitrogens with zero attached hydrogens (tertiary/aromatic N) is 1. The van der Waals surface area contributed by atoms with Crippen LogP contribution in [0.25, 0.3) is 11.1 Å². The number of benzene rings is 2. The first-order valence-corrected chi connectivity index (χ1v) is 6.42. The van der Waals surface area contributed by atoms with Crippen molar-refractivity contribution in [3.05, 3.63) is 60.2 Å². The van der Waals surface area contributed by atoms with Crippen LogP contribution in [0, 0.1) is 0 Å². The molecule has 3 rings (SSSR count). The van der Waals surface area contributed by atoms with Crippen LogP contribution in [0.4, 0.5) is 0 Å². The van der Waals surface area contributed by atoms with E-state index in [-0.39, 0.29) is 11.9 Å². The van der Waals surface area contributed by atoms with E-state index in [1.54, 1.807) is 0 Å². The number of rotatable bonds is 2. The molecule has 2 aromatic carbocycles. The van der Waals surface area contributed by atoms with Crippen LogP contribution in [0.15, 0.2) is 54.6 Å². The van der Waals surface area contributed by atoms with Gasteiger partial charge in [-0.05, 0) is 23.1 Å². The van der Waals surface area contributed by atoms with Crippen molar-refractivity contribution in [3.8, 4) is 11.1 Å². The van der Waals surface area contributed by atoms with Gasteiger partial charge in [0.05, 0.1) is 6.04 Å². The number of amides is 1. The smallest absolute Gasteiger partial charge is 0.246 e. The number of carbonyl (C=O) groups excluding carboxylic acids is 1.